The van der Waals surface area contributed by atoms with Crippen LogP contribution in [0.15, 0.2) is 92.6 Å². The minimum atomic E-state index is -0.853. The van der Waals surface area contributed by atoms with Gasteiger partial charge in [-0.2, -0.15) is 0 Å². The van der Waals surface area contributed by atoms with Gasteiger partial charge in [-0.3, -0.25) is 14.2 Å². The number of amides is 1. The summed E-state index contributed by atoms with van der Waals surface area (Å²) >= 11 is 10.8. The molecular weight excluding hydrogens is 614 g/mol. The normalized spacial score (nSPS) is 17.4. The van der Waals surface area contributed by atoms with Crippen molar-refractivity contribution in [3.8, 4) is 0 Å². The van der Waals surface area contributed by atoms with Crippen LogP contribution in [0.1, 0.15) is 29.7 Å². The van der Waals surface area contributed by atoms with E-state index in [-0.39, 0.29) is 22.6 Å². The highest BCUT2D eigenvalue weighted by atomic mass is 79.9. The fraction of sp³-hybridized carbons (Fsp3) is 0.133. The number of rotatable bonds is 4. The van der Waals surface area contributed by atoms with Gasteiger partial charge in [-0.05, 0) is 42.8 Å². The second kappa shape index (κ2) is 10.3. The van der Waals surface area contributed by atoms with Crippen molar-refractivity contribution in [3.05, 3.63) is 124 Å². The van der Waals surface area contributed by atoms with E-state index in [1.54, 1.807) is 38.2 Å². The van der Waals surface area contributed by atoms with Crippen LogP contribution in [0.3, 0.4) is 0 Å². The summed E-state index contributed by atoms with van der Waals surface area (Å²) in [5.41, 5.74) is 3.26. The molecule has 3 aromatic carbocycles. The molecule has 0 spiro atoms. The molecule has 0 N–H and O–H groups in total. The van der Waals surface area contributed by atoms with Crippen molar-refractivity contribution in [2.24, 2.45) is 4.99 Å². The van der Waals surface area contributed by atoms with Crippen molar-refractivity contribution in [1.82, 2.24) is 4.57 Å². The Kier molecular flexibility index (Phi) is 6.82. The highest BCUT2D eigenvalue weighted by molar-refractivity contribution is 9.10. The first-order valence-corrected chi connectivity index (χ1v) is 14.4. The van der Waals surface area contributed by atoms with E-state index in [2.05, 4.69) is 15.9 Å². The van der Waals surface area contributed by atoms with Crippen molar-refractivity contribution >= 4 is 67.7 Å². The molecule has 40 heavy (non-hydrogen) atoms. The van der Waals surface area contributed by atoms with Crippen molar-refractivity contribution in [1.29, 1.82) is 0 Å². The van der Waals surface area contributed by atoms with E-state index in [1.165, 1.54) is 9.47 Å². The first-order valence-electron chi connectivity index (χ1n) is 12.4. The number of anilines is 1. The van der Waals surface area contributed by atoms with Crippen molar-refractivity contribution in [2.45, 2.75) is 13.0 Å². The van der Waals surface area contributed by atoms with Gasteiger partial charge in [-0.1, -0.05) is 81.3 Å². The quantitative estimate of drug-likeness (QED) is 0.305. The van der Waals surface area contributed by atoms with Gasteiger partial charge in [0.15, 0.2) is 4.80 Å². The number of hydrogen-bond donors (Lipinski definition) is 0. The first kappa shape index (κ1) is 26.4. The lowest BCUT2D eigenvalue weighted by Crippen LogP contribution is -2.40. The van der Waals surface area contributed by atoms with Crippen LogP contribution in [0.4, 0.5) is 5.69 Å². The zero-order valence-electron chi connectivity index (χ0n) is 21.4. The lowest BCUT2D eigenvalue weighted by Gasteiger charge is -2.26. The lowest BCUT2D eigenvalue weighted by molar-refractivity contribution is -0.138. The zero-order chi connectivity index (χ0) is 28.1. The van der Waals surface area contributed by atoms with E-state index in [0.29, 0.717) is 43.5 Å². The summed E-state index contributed by atoms with van der Waals surface area (Å²) in [6.45, 7) is 1.88. The second-order valence-corrected chi connectivity index (χ2v) is 11.5. The molecule has 7 nitrogen and oxygen atoms in total. The Morgan fingerprint density at radius 3 is 2.50 bits per heavy atom. The van der Waals surface area contributed by atoms with Gasteiger partial charge in [0.05, 0.1) is 35.2 Å². The molecule has 0 bridgehead atoms. The molecule has 200 valence electrons. The van der Waals surface area contributed by atoms with Crippen LogP contribution in [0, 0.1) is 0 Å². The Balaban J connectivity index is 1.73. The van der Waals surface area contributed by atoms with Crippen LogP contribution < -0.4 is 19.8 Å². The van der Waals surface area contributed by atoms with Gasteiger partial charge in [0.1, 0.15) is 4.53 Å². The van der Waals surface area contributed by atoms with Crippen LogP contribution in [0.25, 0.3) is 11.3 Å². The van der Waals surface area contributed by atoms with Gasteiger partial charge < -0.3 is 9.64 Å². The van der Waals surface area contributed by atoms with Crippen LogP contribution in [-0.2, 0) is 14.3 Å². The molecule has 0 aliphatic carbocycles. The number of aromatic nitrogens is 1. The number of thiazole rings is 1. The van der Waals surface area contributed by atoms with E-state index >= 15 is 0 Å². The maximum absolute atomic E-state index is 14.3. The largest absolute Gasteiger partial charge is 0.463 e. The Morgan fingerprint density at radius 1 is 1.07 bits per heavy atom. The van der Waals surface area contributed by atoms with E-state index < -0.39 is 17.6 Å². The van der Waals surface area contributed by atoms with E-state index in [0.717, 1.165) is 15.8 Å². The minimum absolute atomic E-state index is 0.152. The molecule has 2 aliphatic heterocycles. The molecule has 0 unspecified atom stereocenters. The summed E-state index contributed by atoms with van der Waals surface area (Å²) in [6.07, 6.45) is 0. The maximum Gasteiger partial charge on any atom is 0.338 e. The number of benzene rings is 3. The number of halogens is 2. The van der Waals surface area contributed by atoms with Crippen molar-refractivity contribution in [3.63, 3.8) is 0 Å². The summed E-state index contributed by atoms with van der Waals surface area (Å²) < 4.78 is 8.02. The molecular formula is C30H21BrClN3O4S. The molecule has 1 amide bonds. The van der Waals surface area contributed by atoms with Gasteiger partial charge >= 0.3 is 5.97 Å². The summed E-state index contributed by atoms with van der Waals surface area (Å²) in [5.74, 6) is -0.858. The molecule has 0 radical (unpaired) electrons. The summed E-state index contributed by atoms with van der Waals surface area (Å²) in [6, 6.07) is 21.0. The topological polar surface area (TPSA) is 81.0 Å². The summed E-state index contributed by atoms with van der Waals surface area (Å²) in [4.78, 5) is 48.1. The van der Waals surface area contributed by atoms with Crippen LogP contribution >= 0.6 is 38.9 Å². The zero-order valence-corrected chi connectivity index (χ0v) is 24.5. The standard InChI is InChI=1S/C30H21BrClN3O4S/c1-3-39-29(38)23-24(16-7-5-4-6-8-16)33-30-35(25(23)17-9-12-19(32)13-10-17)28(37)26(40-30)22-20-15-18(31)11-14-21(20)34(2)27(22)36/h4-15,25H,3H2,1-2H3/b26-22-/t25-/m0/s1. The third-order valence-corrected chi connectivity index (χ3v) is 8.67. The van der Waals surface area contributed by atoms with Crippen molar-refractivity contribution < 1.29 is 14.3 Å². The first-order chi connectivity index (χ1) is 19.3. The highest BCUT2D eigenvalue weighted by Crippen LogP contribution is 2.38. The lowest BCUT2D eigenvalue weighted by atomic mass is 9.93. The molecule has 3 heterocycles. The van der Waals surface area contributed by atoms with E-state index in [9.17, 15) is 14.4 Å². The number of hydrogen-bond acceptors (Lipinski definition) is 6. The van der Waals surface area contributed by atoms with Gasteiger partial charge in [-0.15, -0.1) is 0 Å². The van der Waals surface area contributed by atoms with Crippen molar-refractivity contribution in [2.75, 3.05) is 18.6 Å². The fourth-order valence-electron chi connectivity index (χ4n) is 5.06. The van der Waals surface area contributed by atoms with Gasteiger partial charge in [-0.25, -0.2) is 9.79 Å². The summed E-state index contributed by atoms with van der Waals surface area (Å²) in [5, 5.41) is 0.519. The third kappa shape index (κ3) is 4.25. The number of carbonyl (C=O) groups excluding carboxylic acids is 2. The minimum Gasteiger partial charge on any atom is -0.463 e. The number of nitrogens with zero attached hydrogens (tertiary/aromatic N) is 3. The molecule has 0 fully saturated rings. The monoisotopic (exact) mass is 633 g/mol. The molecule has 0 saturated carbocycles. The number of fused-ring (bicyclic) bond motifs is 2. The van der Waals surface area contributed by atoms with Crippen LogP contribution in [-0.4, -0.2) is 30.1 Å². The summed E-state index contributed by atoms with van der Waals surface area (Å²) in [7, 11) is 1.68. The average Bonchev–Trinajstić information content (AvgIpc) is 3.40. The van der Waals surface area contributed by atoms with Gasteiger partial charge in [0.2, 0.25) is 0 Å². The number of esters is 1. The number of carbonyl (C=O) groups is 2. The van der Waals surface area contributed by atoms with Gasteiger partial charge in [0.25, 0.3) is 11.5 Å². The Bertz CT molecular complexity index is 1910. The molecule has 1 atom stereocenters. The fourth-order valence-corrected chi connectivity index (χ4v) is 6.64. The molecule has 6 rings (SSSR count). The Hall–Kier alpha value is -3.79. The SMILES string of the molecule is CCOC(=O)C1=C(c2ccccc2)N=c2s/c(=C3\C(=O)N(C)c4ccc(Br)cc43)c(=O)n2[C@H]1c1ccc(Cl)cc1. The number of ether oxygens (including phenoxy) is 1. The molecule has 0 saturated heterocycles. The molecule has 4 aromatic rings. The van der Waals surface area contributed by atoms with Crippen LogP contribution in [0.5, 0.6) is 0 Å². The highest BCUT2D eigenvalue weighted by Gasteiger charge is 2.37. The second-order valence-electron chi connectivity index (χ2n) is 9.20. The smallest absolute Gasteiger partial charge is 0.338 e. The average molecular weight is 635 g/mol. The van der Waals surface area contributed by atoms with Gasteiger partial charge in [0, 0.05) is 27.7 Å². The third-order valence-electron chi connectivity index (χ3n) is 6.87. The number of likely N-dealkylation sites (N-methyl/N-ethyl adjacent to an activating group) is 1. The molecule has 10 heteroatoms. The van der Waals surface area contributed by atoms with E-state index in [1.807, 2.05) is 48.5 Å². The van der Waals surface area contributed by atoms with E-state index in [4.69, 9.17) is 21.3 Å². The Labute approximate surface area is 246 Å². The Morgan fingerprint density at radius 2 is 1.80 bits per heavy atom. The molecule has 2 aliphatic rings. The predicted molar refractivity (Wildman–Crippen MR) is 159 cm³/mol. The predicted octanol–water partition coefficient (Wildman–Crippen LogP) is 4.70. The van der Waals surface area contributed by atoms with Crippen LogP contribution in [0.2, 0.25) is 5.02 Å². The maximum atomic E-state index is 14.3. The molecule has 1 aromatic heterocycles.